The second kappa shape index (κ2) is 12.5. The molecule has 0 heterocycles. The van der Waals surface area contributed by atoms with E-state index in [1.54, 1.807) is 21.3 Å². The molecule has 140 valence electrons. The number of methoxy groups -OCH3 is 3. The molecule has 0 aliphatic rings. The Morgan fingerprint density at radius 1 is 0.920 bits per heavy atom. The van der Waals surface area contributed by atoms with Gasteiger partial charge in [0, 0.05) is 26.8 Å². The summed E-state index contributed by atoms with van der Waals surface area (Å²) >= 11 is 10.3. The van der Waals surface area contributed by atoms with Gasteiger partial charge in [-0.15, -0.1) is 0 Å². The number of ether oxygens (including phenoxy) is 3. The first-order chi connectivity index (χ1) is 12.1. The average Bonchev–Trinajstić information content (AvgIpc) is 2.63. The number of hydrazine groups is 1. The van der Waals surface area contributed by atoms with Gasteiger partial charge < -0.3 is 24.8 Å². The number of thiocarbonyl (C=S) groups is 2. The fourth-order valence-corrected chi connectivity index (χ4v) is 2.28. The Labute approximate surface area is 159 Å². The molecule has 0 saturated carbocycles. The van der Waals surface area contributed by atoms with Crippen LogP contribution in [-0.2, 0) is 11.2 Å². The van der Waals surface area contributed by atoms with Crippen molar-refractivity contribution in [2.75, 3.05) is 41.0 Å². The van der Waals surface area contributed by atoms with Crippen LogP contribution in [0.15, 0.2) is 18.2 Å². The van der Waals surface area contributed by atoms with Gasteiger partial charge in [0.05, 0.1) is 14.2 Å². The average molecular weight is 387 g/mol. The first-order valence-corrected chi connectivity index (χ1v) is 8.70. The van der Waals surface area contributed by atoms with Crippen LogP contribution >= 0.6 is 24.4 Å². The Morgan fingerprint density at radius 2 is 1.56 bits per heavy atom. The summed E-state index contributed by atoms with van der Waals surface area (Å²) in [5.74, 6) is 1.43. The van der Waals surface area contributed by atoms with Crippen molar-refractivity contribution in [2.24, 2.45) is 0 Å². The molecule has 1 aromatic carbocycles. The van der Waals surface area contributed by atoms with Crippen molar-refractivity contribution < 1.29 is 14.2 Å². The Kier molecular flexibility index (Phi) is 10.6. The Bertz CT molecular complexity index is 558. The van der Waals surface area contributed by atoms with Crippen LogP contribution in [0.1, 0.15) is 12.0 Å². The third-order valence-corrected chi connectivity index (χ3v) is 3.74. The fraction of sp³-hybridized carbons (Fsp3) is 0.500. The van der Waals surface area contributed by atoms with Crippen LogP contribution in [0.25, 0.3) is 0 Å². The third-order valence-electron chi connectivity index (χ3n) is 3.25. The van der Waals surface area contributed by atoms with E-state index < -0.39 is 0 Å². The standard InChI is InChI=1S/C16H26N4O3S2/c1-21-10-4-8-17-15(24)19-20-16(25)18-9-7-12-5-6-13(22-2)14(11-12)23-3/h5-6,11H,4,7-10H2,1-3H3,(H2,17,19,24)(H2,18,20,25). The molecular formula is C16H26N4O3S2. The van der Waals surface area contributed by atoms with Gasteiger partial charge in [-0.05, 0) is 55.0 Å². The van der Waals surface area contributed by atoms with E-state index >= 15 is 0 Å². The lowest BCUT2D eigenvalue weighted by molar-refractivity contribution is 0.195. The van der Waals surface area contributed by atoms with E-state index in [0.29, 0.717) is 34.9 Å². The van der Waals surface area contributed by atoms with Crippen molar-refractivity contribution in [1.82, 2.24) is 21.5 Å². The summed E-state index contributed by atoms with van der Waals surface area (Å²) < 4.78 is 15.5. The molecule has 0 fully saturated rings. The van der Waals surface area contributed by atoms with E-state index in [4.69, 9.17) is 38.6 Å². The topological polar surface area (TPSA) is 75.8 Å². The normalized spacial score (nSPS) is 9.88. The van der Waals surface area contributed by atoms with E-state index in [1.807, 2.05) is 18.2 Å². The molecule has 0 amide bonds. The minimum Gasteiger partial charge on any atom is -0.493 e. The quantitative estimate of drug-likeness (QED) is 0.284. The molecule has 0 aliphatic heterocycles. The first-order valence-electron chi connectivity index (χ1n) is 7.88. The number of hydrogen-bond donors (Lipinski definition) is 4. The van der Waals surface area contributed by atoms with Gasteiger partial charge >= 0.3 is 0 Å². The fourth-order valence-electron chi connectivity index (χ4n) is 1.98. The van der Waals surface area contributed by atoms with Gasteiger partial charge in [-0.3, -0.25) is 10.9 Å². The molecule has 0 spiro atoms. The minimum atomic E-state index is 0.474. The van der Waals surface area contributed by atoms with Gasteiger partial charge in [-0.1, -0.05) is 6.07 Å². The molecule has 0 aliphatic carbocycles. The lowest BCUT2D eigenvalue weighted by Crippen LogP contribution is -2.50. The maximum Gasteiger partial charge on any atom is 0.185 e. The van der Waals surface area contributed by atoms with E-state index in [9.17, 15) is 0 Å². The molecule has 7 nitrogen and oxygen atoms in total. The van der Waals surface area contributed by atoms with Gasteiger partial charge in [0.25, 0.3) is 0 Å². The van der Waals surface area contributed by atoms with Gasteiger partial charge in [0.15, 0.2) is 21.7 Å². The molecule has 1 rings (SSSR count). The monoisotopic (exact) mass is 386 g/mol. The second-order valence-electron chi connectivity index (χ2n) is 5.05. The molecule has 4 N–H and O–H groups in total. The minimum absolute atomic E-state index is 0.474. The van der Waals surface area contributed by atoms with Gasteiger partial charge in [-0.25, -0.2) is 0 Å². The van der Waals surface area contributed by atoms with Crippen LogP contribution in [0.4, 0.5) is 0 Å². The molecule has 0 unspecified atom stereocenters. The smallest absolute Gasteiger partial charge is 0.185 e. The molecular weight excluding hydrogens is 360 g/mol. The zero-order valence-corrected chi connectivity index (χ0v) is 16.4. The van der Waals surface area contributed by atoms with Crippen LogP contribution < -0.4 is 31.0 Å². The Hall–Kier alpha value is -1.84. The number of nitrogens with one attached hydrogen (secondary N) is 4. The largest absolute Gasteiger partial charge is 0.493 e. The molecule has 0 radical (unpaired) electrons. The van der Waals surface area contributed by atoms with Crippen molar-refractivity contribution >= 4 is 34.7 Å². The third kappa shape index (κ3) is 8.71. The van der Waals surface area contributed by atoms with Crippen molar-refractivity contribution in [3.63, 3.8) is 0 Å². The molecule has 1 aromatic rings. The van der Waals surface area contributed by atoms with Gasteiger partial charge in [-0.2, -0.15) is 0 Å². The summed E-state index contributed by atoms with van der Waals surface area (Å²) in [7, 11) is 4.91. The zero-order valence-electron chi connectivity index (χ0n) is 14.8. The predicted molar refractivity (Wildman–Crippen MR) is 107 cm³/mol. The lowest BCUT2D eigenvalue weighted by Gasteiger charge is -2.14. The van der Waals surface area contributed by atoms with E-state index in [1.165, 1.54) is 0 Å². The second-order valence-corrected chi connectivity index (χ2v) is 5.86. The van der Waals surface area contributed by atoms with Crippen molar-refractivity contribution in [3.8, 4) is 11.5 Å². The number of hydrogen-bond acceptors (Lipinski definition) is 5. The highest BCUT2D eigenvalue weighted by molar-refractivity contribution is 7.80. The molecule has 9 heteroatoms. The maximum atomic E-state index is 5.29. The summed E-state index contributed by atoms with van der Waals surface area (Å²) in [5, 5.41) is 7.11. The van der Waals surface area contributed by atoms with Gasteiger partial charge in [0.1, 0.15) is 0 Å². The molecule has 0 atom stereocenters. The Balaban J connectivity index is 2.23. The van der Waals surface area contributed by atoms with Gasteiger partial charge in [0.2, 0.25) is 0 Å². The summed E-state index contributed by atoms with van der Waals surface area (Å²) in [4.78, 5) is 0. The zero-order chi connectivity index (χ0) is 18.5. The van der Waals surface area contributed by atoms with Crippen LogP contribution in [0.2, 0.25) is 0 Å². The van der Waals surface area contributed by atoms with Crippen molar-refractivity contribution in [2.45, 2.75) is 12.8 Å². The summed E-state index contributed by atoms with van der Waals surface area (Å²) in [6, 6.07) is 5.84. The predicted octanol–water partition coefficient (Wildman–Crippen LogP) is 1.13. The van der Waals surface area contributed by atoms with Crippen LogP contribution in [0, 0.1) is 0 Å². The molecule has 0 aromatic heterocycles. The highest BCUT2D eigenvalue weighted by atomic mass is 32.1. The molecule has 0 bridgehead atoms. The highest BCUT2D eigenvalue weighted by Crippen LogP contribution is 2.27. The lowest BCUT2D eigenvalue weighted by atomic mass is 10.1. The van der Waals surface area contributed by atoms with Crippen molar-refractivity contribution in [3.05, 3.63) is 23.8 Å². The van der Waals surface area contributed by atoms with E-state index in [2.05, 4.69) is 21.5 Å². The molecule has 0 saturated heterocycles. The van der Waals surface area contributed by atoms with E-state index in [-0.39, 0.29) is 0 Å². The summed E-state index contributed by atoms with van der Waals surface area (Å²) in [6.07, 6.45) is 1.67. The van der Waals surface area contributed by atoms with E-state index in [0.717, 1.165) is 24.9 Å². The Morgan fingerprint density at radius 3 is 2.16 bits per heavy atom. The van der Waals surface area contributed by atoms with Crippen LogP contribution in [0.3, 0.4) is 0 Å². The SMILES string of the molecule is COCCCNC(=S)NNC(=S)NCCc1ccc(OC)c(OC)c1. The number of rotatable bonds is 9. The van der Waals surface area contributed by atoms with Crippen molar-refractivity contribution in [1.29, 1.82) is 0 Å². The van der Waals surface area contributed by atoms with Crippen LogP contribution in [-0.4, -0.2) is 51.3 Å². The molecule has 25 heavy (non-hydrogen) atoms. The maximum absolute atomic E-state index is 5.29. The summed E-state index contributed by atoms with van der Waals surface area (Å²) in [5.41, 5.74) is 6.79. The first kappa shape index (κ1) is 21.2. The number of benzene rings is 1. The highest BCUT2D eigenvalue weighted by Gasteiger charge is 2.04. The van der Waals surface area contributed by atoms with Crippen LogP contribution in [0.5, 0.6) is 11.5 Å². The summed E-state index contributed by atoms with van der Waals surface area (Å²) in [6.45, 7) is 2.11.